The molecule has 1 N–H and O–H groups in total. The lowest BCUT2D eigenvalue weighted by Crippen LogP contribution is -2.20. The average Bonchev–Trinajstić information content (AvgIpc) is 2.35. The Hall–Kier alpha value is -1.62. The van der Waals surface area contributed by atoms with E-state index in [1.165, 1.54) is 0 Å². The first-order chi connectivity index (χ1) is 8.20. The first-order valence-electron chi connectivity index (χ1n) is 5.18. The third kappa shape index (κ3) is 2.74. The molecule has 0 aromatic carbocycles. The molecule has 4 nitrogen and oxygen atoms in total. The van der Waals surface area contributed by atoms with Gasteiger partial charge < -0.3 is 9.88 Å². The number of nitrogens with one attached hydrogen (secondary N) is 1. The molecule has 17 heavy (non-hydrogen) atoms. The Morgan fingerprint density at radius 1 is 1.47 bits per heavy atom. The smallest absolute Gasteiger partial charge is 0.265 e. The Balaban J connectivity index is 2.31. The van der Waals surface area contributed by atoms with E-state index >= 15 is 0 Å². The number of hydrogen-bond acceptors (Lipinski definition) is 3. The second kappa shape index (κ2) is 5.14. The second-order valence-corrected chi connectivity index (χ2v) is 4.43. The quantitative estimate of drug-likeness (QED) is 0.943. The number of anilines is 1. The largest absolute Gasteiger partial charge is 0.388 e. The lowest BCUT2D eigenvalue weighted by atomic mass is 10.3. The summed E-state index contributed by atoms with van der Waals surface area (Å²) in [5.41, 5.74) is 1.78. The van der Waals surface area contributed by atoms with Gasteiger partial charge in [-0.1, -0.05) is 0 Å². The molecule has 0 aliphatic heterocycles. The molecule has 2 aromatic rings. The van der Waals surface area contributed by atoms with E-state index in [1.54, 1.807) is 23.0 Å². The van der Waals surface area contributed by atoms with Gasteiger partial charge >= 0.3 is 0 Å². The van der Waals surface area contributed by atoms with Gasteiger partial charge in [0, 0.05) is 25.1 Å². The van der Waals surface area contributed by atoms with Crippen molar-refractivity contribution in [3.8, 4) is 0 Å². The van der Waals surface area contributed by atoms with E-state index in [0.717, 1.165) is 11.4 Å². The summed E-state index contributed by atoms with van der Waals surface area (Å²) in [5, 5.41) is 3.04. The minimum atomic E-state index is -0.0517. The van der Waals surface area contributed by atoms with Gasteiger partial charge in [-0.15, -0.1) is 0 Å². The molecular weight excluding hydrogens is 282 g/mol. The molecule has 0 amide bonds. The van der Waals surface area contributed by atoms with Crippen LogP contribution in [0.1, 0.15) is 5.69 Å². The molecule has 2 heterocycles. The van der Waals surface area contributed by atoms with Crippen LogP contribution in [-0.2, 0) is 6.54 Å². The number of aromatic nitrogens is 2. The maximum absolute atomic E-state index is 11.8. The van der Waals surface area contributed by atoms with Crippen LogP contribution >= 0.6 is 15.9 Å². The number of rotatable bonds is 3. The highest BCUT2D eigenvalue weighted by molar-refractivity contribution is 9.10. The van der Waals surface area contributed by atoms with Crippen molar-refractivity contribution >= 4 is 21.6 Å². The Morgan fingerprint density at radius 2 is 2.29 bits per heavy atom. The highest BCUT2D eigenvalue weighted by Crippen LogP contribution is 2.08. The molecule has 0 atom stereocenters. The Bertz CT molecular complexity index is 580. The maximum atomic E-state index is 11.8. The van der Waals surface area contributed by atoms with E-state index in [1.807, 2.05) is 25.2 Å². The summed E-state index contributed by atoms with van der Waals surface area (Å²) in [6.45, 7) is 0.466. The zero-order valence-electron chi connectivity index (χ0n) is 9.35. The lowest BCUT2D eigenvalue weighted by Gasteiger charge is -2.07. The molecule has 0 fully saturated rings. The van der Waals surface area contributed by atoms with Gasteiger partial charge in [-0.2, -0.15) is 0 Å². The number of halogens is 1. The predicted octanol–water partition coefficient (Wildman–Crippen LogP) is 2.10. The van der Waals surface area contributed by atoms with Gasteiger partial charge in [0.25, 0.3) is 5.56 Å². The molecule has 5 heteroatoms. The fraction of sp³-hybridized carbons (Fsp3) is 0.167. The van der Waals surface area contributed by atoms with Gasteiger partial charge in [0.15, 0.2) is 0 Å². The third-order valence-corrected chi connectivity index (χ3v) is 3.01. The van der Waals surface area contributed by atoms with E-state index < -0.39 is 0 Å². The van der Waals surface area contributed by atoms with Gasteiger partial charge in [-0.05, 0) is 40.2 Å². The molecule has 0 saturated heterocycles. The van der Waals surface area contributed by atoms with Crippen LogP contribution in [0.5, 0.6) is 0 Å². The van der Waals surface area contributed by atoms with Crippen molar-refractivity contribution in [3.63, 3.8) is 0 Å². The van der Waals surface area contributed by atoms with Crippen molar-refractivity contribution in [1.29, 1.82) is 0 Å². The van der Waals surface area contributed by atoms with E-state index in [0.29, 0.717) is 11.0 Å². The van der Waals surface area contributed by atoms with Crippen LogP contribution in [0.4, 0.5) is 5.69 Å². The van der Waals surface area contributed by atoms with Crippen LogP contribution < -0.4 is 10.9 Å². The summed E-state index contributed by atoms with van der Waals surface area (Å²) in [6.07, 6.45) is 3.48. The fourth-order valence-corrected chi connectivity index (χ4v) is 1.91. The second-order valence-electron chi connectivity index (χ2n) is 3.58. The van der Waals surface area contributed by atoms with Crippen molar-refractivity contribution in [3.05, 3.63) is 57.2 Å². The van der Waals surface area contributed by atoms with Crippen LogP contribution in [0.25, 0.3) is 0 Å². The summed E-state index contributed by atoms with van der Waals surface area (Å²) in [7, 11) is 1.85. The molecule has 2 aromatic heterocycles. The van der Waals surface area contributed by atoms with Crippen molar-refractivity contribution in [2.45, 2.75) is 6.54 Å². The minimum absolute atomic E-state index is 0.0517. The van der Waals surface area contributed by atoms with E-state index in [-0.39, 0.29) is 5.56 Å². The zero-order valence-corrected chi connectivity index (χ0v) is 10.9. The molecule has 0 bridgehead atoms. The molecule has 0 unspecified atom stereocenters. The standard InChI is InChI=1S/C12H12BrN3O/c1-14-9-4-5-15-10(7-9)8-16-6-2-3-11(13)12(16)17/h2-7H,8H2,1H3,(H,14,15). The van der Waals surface area contributed by atoms with Crippen LogP contribution in [-0.4, -0.2) is 16.6 Å². The lowest BCUT2D eigenvalue weighted by molar-refractivity contribution is 0.736. The van der Waals surface area contributed by atoms with E-state index in [2.05, 4.69) is 26.2 Å². The summed E-state index contributed by atoms with van der Waals surface area (Å²) >= 11 is 3.22. The predicted molar refractivity (Wildman–Crippen MR) is 71.3 cm³/mol. The molecule has 0 spiro atoms. The van der Waals surface area contributed by atoms with Gasteiger partial charge in [-0.25, -0.2) is 0 Å². The summed E-state index contributed by atoms with van der Waals surface area (Å²) in [6, 6.07) is 7.37. The monoisotopic (exact) mass is 293 g/mol. The zero-order chi connectivity index (χ0) is 12.3. The Kier molecular flexibility index (Phi) is 3.58. The van der Waals surface area contributed by atoms with Crippen LogP contribution in [0.2, 0.25) is 0 Å². The third-order valence-electron chi connectivity index (χ3n) is 2.41. The molecule has 2 rings (SSSR count). The first-order valence-corrected chi connectivity index (χ1v) is 5.97. The van der Waals surface area contributed by atoms with Gasteiger partial charge in [0.1, 0.15) is 0 Å². The fourth-order valence-electron chi connectivity index (χ4n) is 1.53. The molecule has 0 saturated carbocycles. The SMILES string of the molecule is CNc1ccnc(Cn2cccc(Br)c2=O)c1. The summed E-state index contributed by atoms with van der Waals surface area (Å²) in [5.74, 6) is 0. The van der Waals surface area contributed by atoms with Crippen molar-refractivity contribution < 1.29 is 0 Å². The van der Waals surface area contributed by atoms with E-state index in [9.17, 15) is 4.79 Å². The van der Waals surface area contributed by atoms with Crippen molar-refractivity contribution in [2.24, 2.45) is 0 Å². The summed E-state index contributed by atoms with van der Waals surface area (Å²) < 4.78 is 2.18. The Labute approximate surface area is 107 Å². The molecule has 0 aliphatic carbocycles. The molecule has 88 valence electrons. The van der Waals surface area contributed by atoms with Crippen molar-refractivity contribution in [1.82, 2.24) is 9.55 Å². The number of hydrogen-bond donors (Lipinski definition) is 1. The highest BCUT2D eigenvalue weighted by atomic mass is 79.9. The van der Waals surface area contributed by atoms with Gasteiger partial charge in [-0.3, -0.25) is 9.78 Å². The minimum Gasteiger partial charge on any atom is -0.388 e. The van der Waals surface area contributed by atoms with Crippen LogP contribution in [0, 0.1) is 0 Å². The van der Waals surface area contributed by atoms with Crippen LogP contribution in [0.15, 0.2) is 45.9 Å². The van der Waals surface area contributed by atoms with Gasteiger partial charge in [0.05, 0.1) is 16.7 Å². The number of nitrogens with zero attached hydrogens (tertiary/aromatic N) is 2. The van der Waals surface area contributed by atoms with Crippen molar-refractivity contribution in [2.75, 3.05) is 12.4 Å². The normalized spacial score (nSPS) is 10.2. The molecule has 0 radical (unpaired) electrons. The molecular formula is C12H12BrN3O. The maximum Gasteiger partial charge on any atom is 0.265 e. The topological polar surface area (TPSA) is 46.9 Å². The highest BCUT2D eigenvalue weighted by Gasteiger charge is 2.02. The first kappa shape index (κ1) is 11.9. The van der Waals surface area contributed by atoms with Crippen LogP contribution in [0.3, 0.4) is 0 Å². The van der Waals surface area contributed by atoms with E-state index in [4.69, 9.17) is 0 Å². The number of pyridine rings is 2. The Morgan fingerprint density at radius 3 is 3.06 bits per heavy atom. The molecule has 0 aliphatic rings. The average molecular weight is 294 g/mol. The van der Waals surface area contributed by atoms with Gasteiger partial charge in [0.2, 0.25) is 0 Å². The summed E-state index contributed by atoms with van der Waals surface area (Å²) in [4.78, 5) is 16.0.